The number of halogens is 3. The number of allylic oxidation sites excluding steroid dienone is 1. The van der Waals surface area contributed by atoms with Gasteiger partial charge < -0.3 is 10.3 Å². The van der Waals surface area contributed by atoms with E-state index in [1.807, 2.05) is 6.07 Å². The first-order valence-electron chi connectivity index (χ1n) is 10.0. The molecule has 1 aliphatic heterocycles. The number of amides is 1. The Bertz CT molecular complexity index is 1330. The molecule has 0 unspecified atom stereocenters. The number of carbonyl (C=O) groups excluding carboxylic acids is 1. The van der Waals surface area contributed by atoms with E-state index in [1.54, 1.807) is 24.4 Å². The van der Waals surface area contributed by atoms with Crippen LogP contribution >= 0.6 is 0 Å². The fourth-order valence-corrected chi connectivity index (χ4v) is 5.05. The summed E-state index contributed by atoms with van der Waals surface area (Å²) in [6.45, 7) is 1.52. The van der Waals surface area contributed by atoms with Crippen LogP contribution < -0.4 is 5.32 Å². The molecular weight excluding hydrogens is 441 g/mol. The number of aromatic amines is 1. The number of benzene rings is 2. The largest absolute Gasteiger partial charge is 0.361 e. The first kappa shape index (κ1) is 22.1. The lowest BCUT2D eigenvalue weighted by Crippen LogP contribution is -2.28. The summed E-state index contributed by atoms with van der Waals surface area (Å²) in [7, 11) is -3.09. The molecular formula is C23H21F3N2O3S. The Labute approximate surface area is 183 Å². The van der Waals surface area contributed by atoms with E-state index in [4.69, 9.17) is 0 Å². The van der Waals surface area contributed by atoms with Gasteiger partial charge in [0.2, 0.25) is 0 Å². The molecule has 1 amide bonds. The van der Waals surface area contributed by atoms with Crippen LogP contribution in [0.2, 0.25) is 0 Å². The van der Waals surface area contributed by atoms with Gasteiger partial charge in [0.1, 0.15) is 5.82 Å². The molecule has 168 valence electrons. The molecule has 0 spiro atoms. The quantitative estimate of drug-likeness (QED) is 0.564. The number of carbonyl (C=O) groups is 1. The van der Waals surface area contributed by atoms with Gasteiger partial charge in [-0.3, -0.25) is 4.79 Å². The molecule has 0 fully saturated rings. The zero-order valence-electron chi connectivity index (χ0n) is 17.2. The molecule has 0 saturated carbocycles. The van der Waals surface area contributed by atoms with Crippen LogP contribution in [0.4, 0.5) is 13.2 Å². The smallest absolute Gasteiger partial charge is 0.266 e. The van der Waals surface area contributed by atoms with Gasteiger partial charge in [-0.05, 0) is 42.7 Å². The zero-order chi connectivity index (χ0) is 23.0. The second-order valence-corrected chi connectivity index (χ2v) is 10.0. The SMILES string of the molecule is C[C@@H](NC(=O)c1cc(C2=CCS(=O)(=O)CC2)cc2cc[nH]c12)c1cccc(C(F)F)c1F. The lowest BCUT2D eigenvalue weighted by Gasteiger charge is -2.18. The minimum Gasteiger partial charge on any atom is -0.361 e. The van der Waals surface area contributed by atoms with Crippen molar-refractivity contribution < 1.29 is 26.4 Å². The van der Waals surface area contributed by atoms with E-state index in [9.17, 15) is 26.4 Å². The number of sulfone groups is 1. The van der Waals surface area contributed by atoms with E-state index in [0.717, 1.165) is 22.6 Å². The van der Waals surface area contributed by atoms with Gasteiger partial charge >= 0.3 is 0 Å². The van der Waals surface area contributed by atoms with Crippen LogP contribution in [0.3, 0.4) is 0 Å². The third-order valence-electron chi connectivity index (χ3n) is 5.65. The molecule has 2 aromatic carbocycles. The summed E-state index contributed by atoms with van der Waals surface area (Å²) >= 11 is 0. The van der Waals surface area contributed by atoms with Crippen LogP contribution in [0, 0.1) is 5.82 Å². The molecule has 9 heteroatoms. The number of alkyl halides is 2. The monoisotopic (exact) mass is 462 g/mol. The molecule has 1 aromatic heterocycles. The van der Waals surface area contributed by atoms with Crippen molar-refractivity contribution in [1.29, 1.82) is 0 Å². The summed E-state index contributed by atoms with van der Waals surface area (Å²) < 4.78 is 64.0. The van der Waals surface area contributed by atoms with Crippen molar-refractivity contribution in [2.45, 2.75) is 25.8 Å². The molecule has 1 atom stereocenters. The van der Waals surface area contributed by atoms with Crippen LogP contribution in [0.15, 0.2) is 48.7 Å². The van der Waals surface area contributed by atoms with Gasteiger partial charge in [-0.25, -0.2) is 21.6 Å². The number of hydrogen-bond acceptors (Lipinski definition) is 3. The van der Waals surface area contributed by atoms with Crippen LogP contribution in [0.25, 0.3) is 16.5 Å². The summed E-state index contributed by atoms with van der Waals surface area (Å²) in [6.07, 6.45) is 0.726. The van der Waals surface area contributed by atoms with E-state index in [-0.39, 0.29) is 17.1 Å². The van der Waals surface area contributed by atoms with Gasteiger partial charge in [0.25, 0.3) is 12.3 Å². The van der Waals surface area contributed by atoms with E-state index in [1.165, 1.54) is 19.1 Å². The van der Waals surface area contributed by atoms with Crippen LogP contribution in [-0.2, 0) is 9.84 Å². The lowest BCUT2D eigenvalue weighted by atomic mass is 9.97. The minimum absolute atomic E-state index is 0.0322. The molecule has 2 N–H and O–H groups in total. The Morgan fingerprint density at radius 2 is 1.91 bits per heavy atom. The van der Waals surface area contributed by atoms with E-state index >= 15 is 0 Å². The van der Waals surface area contributed by atoms with Crippen LogP contribution in [0.5, 0.6) is 0 Å². The van der Waals surface area contributed by atoms with Crippen molar-refractivity contribution in [1.82, 2.24) is 10.3 Å². The second-order valence-electron chi connectivity index (χ2n) is 7.81. The Morgan fingerprint density at radius 1 is 1.16 bits per heavy atom. The highest BCUT2D eigenvalue weighted by atomic mass is 32.2. The average Bonchev–Trinajstić information content (AvgIpc) is 3.21. The van der Waals surface area contributed by atoms with Gasteiger partial charge in [-0.2, -0.15) is 0 Å². The molecule has 1 aliphatic rings. The van der Waals surface area contributed by atoms with Gasteiger partial charge in [-0.1, -0.05) is 24.3 Å². The van der Waals surface area contributed by atoms with Crippen LogP contribution in [-0.4, -0.2) is 30.8 Å². The first-order chi connectivity index (χ1) is 15.2. The van der Waals surface area contributed by atoms with Gasteiger partial charge in [0.05, 0.1) is 34.2 Å². The topological polar surface area (TPSA) is 79.0 Å². The number of hydrogen-bond donors (Lipinski definition) is 2. The normalized spacial score (nSPS) is 16.7. The maximum atomic E-state index is 14.5. The van der Waals surface area contributed by atoms with E-state index in [2.05, 4.69) is 10.3 Å². The minimum atomic E-state index is -3.09. The van der Waals surface area contributed by atoms with Gasteiger partial charge in [0, 0.05) is 17.1 Å². The third-order valence-corrected chi connectivity index (χ3v) is 7.15. The van der Waals surface area contributed by atoms with Crippen molar-refractivity contribution in [2.75, 3.05) is 11.5 Å². The molecule has 0 bridgehead atoms. The maximum absolute atomic E-state index is 14.5. The molecule has 0 saturated heterocycles. The zero-order valence-corrected chi connectivity index (χ0v) is 18.0. The predicted octanol–water partition coefficient (Wildman–Crippen LogP) is 4.94. The highest BCUT2D eigenvalue weighted by Gasteiger charge is 2.23. The molecule has 4 rings (SSSR count). The number of fused-ring (bicyclic) bond motifs is 1. The molecule has 32 heavy (non-hydrogen) atoms. The molecule has 3 aromatic rings. The molecule has 5 nitrogen and oxygen atoms in total. The van der Waals surface area contributed by atoms with Crippen molar-refractivity contribution >= 4 is 32.2 Å². The molecule has 2 heterocycles. The van der Waals surface area contributed by atoms with Gasteiger partial charge in [-0.15, -0.1) is 0 Å². The van der Waals surface area contributed by atoms with E-state index in [0.29, 0.717) is 17.5 Å². The third kappa shape index (κ3) is 4.29. The fraction of sp³-hybridized carbons (Fsp3) is 0.261. The lowest BCUT2D eigenvalue weighted by molar-refractivity contribution is 0.0940. The number of nitrogens with one attached hydrogen (secondary N) is 2. The molecule has 0 radical (unpaired) electrons. The Hall–Kier alpha value is -3.07. The maximum Gasteiger partial charge on any atom is 0.266 e. The summed E-state index contributed by atoms with van der Waals surface area (Å²) in [5.74, 6) is -1.55. The van der Waals surface area contributed by atoms with Crippen molar-refractivity contribution in [3.05, 3.63) is 76.7 Å². The average molecular weight is 462 g/mol. The summed E-state index contributed by atoms with van der Waals surface area (Å²) in [6, 6.07) is 8.19. The predicted molar refractivity (Wildman–Crippen MR) is 117 cm³/mol. The molecule has 0 aliphatic carbocycles. The van der Waals surface area contributed by atoms with Gasteiger partial charge in [0.15, 0.2) is 9.84 Å². The summed E-state index contributed by atoms with van der Waals surface area (Å²) in [5.41, 5.74) is 1.70. The number of H-pyrrole nitrogens is 1. The number of rotatable bonds is 5. The summed E-state index contributed by atoms with van der Waals surface area (Å²) in [4.78, 5) is 16.1. The Balaban J connectivity index is 1.66. The van der Waals surface area contributed by atoms with Crippen molar-refractivity contribution in [3.63, 3.8) is 0 Å². The Morgan fingerprint density at radius 3 is 2.59 bits per heavy atom. The van der Waals surface area contributed by atoms with Crippen molar-refractivity contribution in [3.8, 4) is 0 Å². The standard InChI is InChI=1S/C23H21F3N2O3S/c1-13(17-3-2-4-18(20(17)24)22(25)26)28-23(29)19-12-16(11-15-5-8-27-21(15)19)14-6-9-32(30,31)10-7-14/h2-6,8,11-13,22,27H,7,9-10H2,1H3,(H,28,29)/t13-/m1/s1. The summed E-state index contributed by atoms with van der Waals surface area (Å²) in [5, 5.41) is 3.45. The number of aromatic nitrogens is 1. The van der Waals surface area contributed by atoms with E-state index < -0.39 is 39.6 Å². The van der Waals surface area contributed by atoms with Crippen molar-refractivity contribution in [2.24, 2.45) is 0 Å². The Kier molecular flexibility index (Phi) is 5.85. The second kappa shape index (κ2) is 8.46. The van der Waals surface area contributed by atoms with Crippen LogP contribution in [0.1, 0.15) is 52.9 Å². The first-order valence-corrected chi connectivity index (χ1v) is 11.9. The fourth-order valence-electron chi connectivity index (χ4n) is 3.90. The highest BCUT2D eigenvalue weighted by Crippen LogP contribution is 2.30. The highest BCUT2D eigenvalue weighted by molar-refractivity contribution is 7.91.